The van der Waals surface area contributed by atoms with Crippen molar-refractivity contribution >= 4 is 17.9 Å². The van der Waals surface area contributed by atoms with Crippen LogP contribution in [0.4, 0.5) is 5.69 Å². The minimum absolute atomic E-state index is 0.244. The zero-order valence-electron chi connectivity index (χ0n) is 17.4. The topological polar surface area (TPSA) is 57.1 Å². The number of esters is 1. The SMILES string of the molecule is CCCCCCCOc1ccc(C=Nc2ccc(C(=O)OCCOC)cc2)cc1. The zero-order valence-corrected chi connectivity index (χ0v) is 17.4. The molecule has 156 valence electrons. The van der Waals surface area contributed by atoms with Gasteiger partial charge in [-0.1, -0.05) is 32.6 Å². The molecule has 2 aromatic carbocycles. The Bertz CT molecular complexity index is 738. The molecule has 0 amide bonds. The molecule has 5 nitrogen and oxygen atoms in total. The van der Waals surface area contributed by atoms with Gasteiger partial charge in [-0.25, -0.2) is 4.79 Å². The number of nitrogens with zero attached hydrogens (tertiary/aromatic N) is 1. The van der Waals surface area contributed by atoms with Crippen LogP contribution in [-0.4, -0.2) is 39.1 Å². The summed E-state index contributed by atoms with van der Waals surface area (Å²) in [5.41, 5.74) is 2.26. The molecule has 0 bridgehead atoms. The van der Waals surface area contributed by atoms with E-state index in [0.29, 0.717) is 12.2 Å². The van der Waals surface area contributed by atoms with Crippen molar-refractivity contribution in [3.05, 3.63) is 59.7 Å². The highest BCUT2D eigenvalue weighted by Gasteiger charge is 2.06. The molecule has 2 aromatic rings. The standard InChI is InChI=1S/C24H31NO4/c1-3-4-5-6-7-16-28-23-14-8-20(9-15-23)19-25-22-12-10-21(11-13-22)24(26)29-18-17-27-2/h8-15,19H,3-7,16-18H2,1-2H3. The lowest BCUT2D eigenvalue weighted by Crippen LogP contribution is -2.09. The van der Waals surface area contributed by atoms with E-state index in [1.165, 1.54) is 25.7 Å². The van der Waals surface area contributed by atoms with Gasteiger partial charge in [-0.2, -0.15) is 0 Å². The van der Waals surface area contributed by atoms with Gasteiger partial charge >= 0.3 is 5.97 Å². The molecule has 0 aromatic heterocycles. The Balaban J connectivity index is 1.78. The second-order valence-corrected chi connectivity index (χ2v) is 6.77. The molecule has 0 aliphatic heterocycles. The Kier molecular flexibility index (Phi) is 10.5. The van der Waals surface area contributed by atoms with Crippen molar-refractivity contribution in [1.29, 1.82) is 0 Å². The Morgan fingerprint density at radius 1 is 0.897 bits per heavy atom. The van der Waals surface area contributed by atoms with Gasteiger partial charge in [0.2, 0.25) is 0 Å². The summed E-state index contributed by atoms with van der Waals surface area (Å²) in [5, 5.41) is 0. The first kappa shape index (κ1) is 22.6. The van der Waals surface area contributed by atoms with Crippen LogP contribution in [-0.2, 0) is 9.47 Å². The summed E-state index contributed by atoms with van der Waals surface area (Å²) in [6.07, 6.45) is 7.96. The van der Waals surface area contributed by atoms with Crippen molar-refractivity contribution in [2.24, 2.45) is 4.99 Å². The molecule has 0 radical (unpaired) electrons. The van der Waals surface area contributed by atoms with Crippen LogP contribution in [0.5, 0.6) is 5.75 Å². The van der Waals surface area contributed by atoms with E-state index >= 15 is 0 Å². The van der Waals surface area contributed by atoms with Crippen molar-refractivity contribution in [2.75, 3.05) is 26.9 Å². The fourth-order valence-electron chi connectivity index (χ4n) is 2.68. The summed E-state index contributed by atoms with van der Waals surface area (Å²) in [7, 11) is 1.57. The first-order valence-electron chi connectivity index (χ1n) is 10.3. The van der Waals surface area contributed by atoms with E-state index in [4.69, 9.17) is 14.2 Å². The number of carbonyl (C=O) groups excluding carboxylic acids is 1. The fraction of sp³-hybridized carbons (Fsp3) is 0.417. The molecule has 0 aliphatic carbocycles. The van der Waals surface area contributed by atoms with E-state index in [1.807, 2.05) is 24.3 Å². The van der Waals surface area contributed by atoms with Crippen LogP contribution >= 0.6 is 0 Å². The van der Waals surface area contributed by atoms with Crippen molar-refractivity contribution in [3.8, 4) is 5.75 Å². The average Bonchev–Trinajstić information content (AvgIpc) is 2.76. The zero-order chi connectivity index (χ0) is 20.7. The molecule has 2 rings (SSSR count). The van der Waals surface area contributed by atoms with Gasteiger partial charge in [0.1, 0.15) is 12.4 Å². The number of unbranched alkanes of at least 4 members (excludes halogenated alkanes) is 4. The maximum absolute atomic E-state index is 11.9. The van der Waals surface area contributed by atoms with Crippen LogP contribution in [0.2, 0.25) is 0 Å². The second-order valence-electron chi connectivity index (χ2n) is 6.77. The lowest BCUT2D eigenvalue weighted by molar-refractivity contribution is 0.0388. The van der Waals surface area contributed by atoms with Gasteiger partial charge in [0.15, 0.2) is 0 Å². The molecule has 0 heterocycles. The second kappa shape index (κ2) is 13.5. The smallest absolute Gasteiger partial charge is 0.338 e. The highest BCUT2D eigenvalue weighted by atomic mass is 16.6. The minimum atomic E-state index is -0.362. The highest BCUT2D eigenvalue weighted by Crippen LogP contribution is 2.16. The Morgan fingerprint density at radius 2 is 1.62 bits per heavy atom. The molecule has 0 saturated carbocycles. The van der Waals surface area contributed by atoms with Crippen LogP contribution in [0.3, 0.4) is 0 Å². The van der Waals surface area contributed by atoms with Crippen LogP contribution in [0, 0.1) is 0 Å². The minimum Gasteiger partial charge on any atom is -0.494 e. The first-order valence-corrected chi connectivity index (χ1v) is 10.3. The number of methoxy groups -OCH3 is 1. The van der Waals surface area contributed by atoms with Crippen molar-refractivity contribution in [3.63, 3.8) is 0 Å². The molecule has 0 atom stereocenters. The number of rotatable bonds is 13. The molecule has 0 fully saturated rings. The monoisotopic (exact) mass is 397 g/mol. The van der Waals surface area contributed by atoms with Crippen molar-refractivity contribution < 1.29 is 19.0 Å². The van der Waals surface area contributed by atoms with Gasteiger partial charge in [0.05, 0.1) is 24.5 Å². The summed E-state index contributed by atoms with van der Waals surface area (Å²) in [6.45, 7) is 3.61. The average molecular weight is 398 g/mol. The summed E-state index contributed by atoms with van der Waals surface area (Å²) in [6, 6.07) is 14.9. The maximum atomic E-state index is 11.9. The van der Waals surface area contributed by atoms with Crippen LogP contribution in [0.15, 0.2) is 53.5 Å². The highest BCUT2D eigenvalue weighted by molar-refractivity contribution is 5.90. The fourth-order valence-corrected chi connectivity index (χ4v) is 2.68. The van der Waals surface area contributed by atoms with E-state index in [-0.39, 0.29) is 12.6 Å². The Labute approximate surface area is 173 Å². The number of hydrogen-bond acceptors (Lipinski definition) is 5. The summed E-state index contributed by atoms with van der Waals surface area (Å²) in [4.78, 5) is 16.3. The summed E-state index contributed by atoms with van der Waals surface area (Å²) >= 11 is 0. The van der Waals surface area contributed by atoms with E-state index < -0.39 is 0 Å². The van der Waals surface area contributed by atoms with Gasteiger partial charge in [0, 0.05) is 13.3 Å². The lowest BCUT2D eigenvalue weighted by atomic mass is 10.2. The normalized spacial score (nSPS) is 11.0. The van der Waals surface area contributed by atoms with Crippen LogP contribution in [0.25, 0.3) is 0 Å². The van der Waals surface area contributed by atoms with Gasteiger partial charge in [-0.15, -0.1) is 0 Å². The van der Waals surface area contributed by atoms with E-state index in [2.05, 4.69) is 11.9 Å². The van der Waals surface area contributed by atoms with Gasteiger partial charge in [-0.05, 0) is 60.5 Å². The van der Waals surface area contributed by atoms with Crippen molar-refractivity contribution in [1.82, 2.24) is 0 Å². The van der Waals surface area contributed by atoms with Gasteiger partial charge in [-0.3, -0.25) is 4.99 Å². The maximum Gasteiger partial charge on any atom is 0.338 e. The third-order valence-electron chi connectivity index (χ3n) is 4.38. The number of hydrogen-bond donors (Lipinski definition) is 0. The predicted octanol–water partition coefficient (Wildman–Crippen LogP) is 5.59. The molecule has 0 N–H and O–H groups in total. The molecule has 5 heteroatoms. The van der Waals surface area contributed by atoms with Gasteiger partial charge < -0.3 is 14.2 Å². The quantitative estimate of drug-likeness (QED) is 0.251. The van der Waals surface area contributed by atoms with E-state index in [9.17, 15) is 4.79 Å². The predicted molar refractivity (Wildman–Crippen MR) is 117 cm³/mol. The number of aliphatic imine (C=N–C) groups is 1. The molecule has 0 aliphatic rings. The molecule has 0 saturated heterocycles. The third-order valence-corrected chi connectivity index (χ3v) is 4.38. The summed E-state index contributed by atoms with van der Waals surface area (Å²) < 4.78 is 15.7. The summed E-state index contributed by atoms with van der Waals surface area (Å²) in [5.74, 6) is 0.521. The molecule has 0 spiro atoms. The van der Waals surface area contributed by atoms with Crippen molar-refractivity contribution in [2.45, 2.75) is 39.0 Å². The van der Waals surface area contributed by atoms with E-state index in [1.54, 1.807) is 37.6 Å². The van der Waals surface area contributed by atoms with E-state index in [0.717, 1.165) is 30.0 Å². The van der Waals surface area contributed by atoms with Gasteiger partial charge in [0.25, 0.3) is 0 Å². The molecular weight excluding hydrogens is 366 g/mol. The lowest BCUT2D eigenvalue weighted by Gasteiger charge is -2.06. The van der Waals surface area contributed by atoms with Crippen LogP contribution in [0.1, 0.15) is 54.9 Å². The molecule has 29 heavy (non-hydrogen) atoms. The number of benzene rings is 2. The molecular formula is C24H31NO4. The number of carbonyl (C=O) groups is 1. The first-order chi connectivity index (χ1) is 14.2. The molecule has 0 unspecified atom stereocenters. The van der Waals surface area contributed by atoms with Crippen LogP contribution < -0.4 is 4.74 Å². The third kappa shape index (κ3) is 8.92. The Hall–Kier alpha value is -2.66. The largest absolute Gasteiger partial charge is 0.494 e. The number of ether oxygens (including phenoxy) is 3. The Morgan fingerprint density at radius 3 is 2.31 bits per heavy atom.